The van der Waals surface area contributed by atoms with Crippen LogP contribution in [0.5, 0.6) is 0 Å². The predicted octanol–water partition coefficient (Wildman–Crippen LogP) is 3.22. The summed E-state index contributed by atoms with van der Waals surface area (Å²) < 4.78 is 23.8. The van der Waals surface area contributed by atoms with E-state index in [1.54, 1.807) is 4.90 Å². The van der Waals surface area contributed by atoms with Crippen molar-refractivity contribution in [1.82, 2.24) is 14.9 Å². The molecule has 6 nitrogen and oxygen atoms in total. The second-order valence-electron chi connectivity index (χ2n) is 7.73. The van der Waals surface area contributed by atoms with Gasteiger partial charge in [0.25, 0.3) is 5.91 Å². The maximum Gasteiger partial charge on any atom is 0.264 e. The highest BCUT2D eigenvalue weighted by atomic mass is 32.2. The minimum Gasteiger partial charge on any atom is -0.334 e. The smallest absolute Gasteiger partial charge is 0.264 e. The molecule has 2 aromatic rings. The van der Waals surface area contributed by atoms with Gasteiger partial charge >= 0.3 is 0 Å². The maximum absolute atomic E-state index is 13.4. The molecule has 1 saturated heterocycles. The van der Waals surface area contributed by atoms with Gasteiger partial charge in [-0.25, -0.2) is 18.4 Å². The molecule has 0 N–H and O–H groups in total. The number of hydrogen-bond donors (Lipinski definition) is 0. The van der Waals surface area contributed by atoms with Crippen LogP contribution in [0.2, 0.25) is 0 Å². The Morgan fingerprint density at radius 3 is 2.56 bits per heavy atom. The third-order valence-electron chi connectivity index (χ3n) is 5.50. The quantitative estimate of drug-likeness (QED) is 0.760. The van der Waals surface area contributed by atoms with Crippen LogP contribution >= 0.6 is 11.3 Å². The Morgan fingerprint density at radius 1 is 1.22 bits per heavy atom. The van der Waals surface area contributed by atoms with Crippen LogP contribution in [0.4, 0.5) is 0 Å². The molecule has 2 aromatic heterocycles. The first kappa shape index (κ1) is 18.8. The molecule has 3 heterocycles. The van der Waals surface area contributed by atoms with Crippen molar-refractivity contribution in [1.29, 1.82) is 0 Å². The fourth-order valence-electron chi connectivity index (χ4n) is 3.93. The van der Waals surface area contributed by atoms with Crippen molar-refractivity contribution in [3.8, 4) is 0 Å². The molecule has 8 heteroatoms. The largest absolute Gasteiger partial charge is 0.334 e. The second kappa shape index (κ2) is 6.81. The molecular formula is C19H25N3O3S2. The van der Waals surface area contributed by atoms with Crippen molar-refractivity contribution in [2.45, 2.75) is 58.4 Å². The molecule has 27 heavy (non-hydrogen) atoms. The van der Waals surface area contributed by atoms with Crippen molar-refractivity contribution in [2.75, 3.05) is 18.1 Å². The zero-order valence-electron chi connectivity index (χ0n) is 16.0. The summed E-state index contributed by atoms with van der Waals surface area (Å²) in [5.41, 5.74) is 1.85. The van der Waals surface area contributed by atoms with E-state index >= 15 is 0 Å². The van der Waals surface area contributed by atoms with E-state index in [9.17, 15) is 13.2 Å². The van der Waals surface area contributed by atoms with Crippen LogP contribution in [0.25, 0.3) is 10.2 Å². The van der Waals surface area contributed by atoms with Crippen LogP contribution < -0.4 is 0 Å². The summed E-state index contributed by atoms with van der Waals surface area (Å²) in [6, 6.07) is -0.221. The van der Waals surface area contributed by atoms with Crippen molar-refractivity contribution < 1.29 is 13.2 Å². The van der Waals surface area contributed by atoms with Crippen molar-refractivity contribution in [2.24, 2.45) is 0 Å². The van der Waals surface area contributed by atoms with Gasteiger partial charge in [-0.15, -0.1) is 11.3 Å². The Hall–Kier alpha value is -1.54. The second-order valence-corrected chi connectivity index (χ2v) is 11.0. The fraction of sp³-hybridized carbons (Fsp3) is 0.632. The Balaban J connectivity index is 1.72. The van der Waals surface area contributed by atoms with E-state index in [2.05, 4.69) is 4.98 Å². The Morgan fingerprint density at radius 2 is 1.96 bits per heavy atom. The fourth-order valence-corrected chi connectivity index (χ4v) is 6.86. The number of hydrogen-bond acceptors (Lipinski definition) is 6. The summed E-state index contributed by atoms with van der Waals surface area (Å²) in [4.78, 5) is 26.1. The highest BCUT2D eigenvalue weighted by Crippen LogP contribution is 2.40. The van der Waals surface area contributed by atoms with Gasteiger partial charge in [0.15, 0.2) is 9.84 Å². The first-order valence-electron chi connectivity index (χ1n) is 9.59. The average Bonchev–Trinajstić information content (AvgIpc) is 3.32. The molecule has 1 saturated carbocycles. The Kier molecular flexibility index (Phi) is 4.74. The highest BCUT2D eigenvalue weighted by Gasteiger charge is 2.36. The standard InChI is InChI=1S/C19H25N3O3S2/c1-4-8-22(14-7-9-27(24,25)10-14)19(23)16-11(2)15-12(3)20-17(13-5-6-13)21-18(15)26-16/h13-14H,4-10H2,1-3H3. The minimum absolute atomic E-state index is 0.0631. The van der Waals surface area contributed by atoms with Crippen molar-refractivity contribution >= 4 is 37.3 Å². The zero-order chi connectivity index (χ0) is 19.3. The number of fused-ring (bicyclic) bond motifs is 1. The molecule has 0 bridgehead atoms. The lowest BCUT2D eigenvalue weighted by Crippen LogP contribution is -2.41. The third kappa shape index (κ3) is 3.49. The van der Waals surface area contributed by atoms with Crippen molar-refractivity contribution in [3.05, 3.63) is 22.0 Å². The van der Waals surface area contributed by atoms with Crippen LogP contribution in [0, 0.1) is 13.8 Å². The first-order valence-corrected chi connectivity index (χ1v) is 12.2. The van der Waals surface area contributed by atoms with Gasteiger partial charge in [0, 0.05) is 23.9 Å². The third-order valence-corrected chi connectivity index (χ3v) is 8.42. The minimum atomic E-state index is -3.04. The molecule has 1 atom stereocenters. The molecule has 0 aromatic carbocycles. The molecule has 1 aliphatic carbocycles. The molecule has 1 unspecified atom stereocenters. The number of thiophene rings is 1. The SMILES string of the molecule is CCCN(C(=O)c1sc2nc(C3CC3)nc(C)c2c1C)C1CCS(=O)(=O)C1. The summed E-state index contributed by atoms with van der Waals surface area (Å²) in [7, 11) is -3.04. The number of carbonyl (C=O) groups excluding carboxylic acids is 1. The number of rotatable bonds is 5. The van der Waals surface area contributed by atoms with E-state index in [4.69, 9.17) is 4.98 Å². The Labute approximate surface area is 163 Å². The van der Waals surface area contributed by atoms with E-state index in [-0.39, 0.29) is 23.5 Å². The first-order chi connectivity index (χ1) is 12.8. The monoisotopic (exact) mass is 407 g/mol. The summed E-state index contributed by atoms with van der Waals surface area (Å²) >= 11 is 1.43. The van der Waals surface area contributed by atoms with Gasteiger partial charge < -0.3 is 4.90 Å². The maximum atomic E-state index is 13.4. The van der Waals surface area contributed by atoms with Gasteiger partial charge in [-0.2, -0.15) is 0 Å². The molecule has 0 spiro atoms. The molecule has 0 radical (unpaired) electrons. The zero-order valence-corrected chi connectivity index (χ0v) is 17.6. The molecule has 4 rings (SSSR count). The lowest BCUT2D eigenvalue weighted by atomic mass is 10.1. The molecule has 146 valence electrons. The van der Waals surface area contributed by atoms with Gasteiger partial charge in [-0.05, 0) is 45.1 Å². The summed E-state index contributed by atoms with van der Waals surface area (Å²) in [6.45, 7) is 6.52. The van der Waals surface area contributed by atoms with E-state index < -0.39 is 9.84 Å². The molecule has 2 aliphatic rings. The number of carbonyl (C=O) groups is 1. The van der Waals surface area contributed by atoms with Crippen LogP contribution in [0.3, 0.4) is 0 Å². The highest BCUT2D eigenvalue weighted by molar-refractivity contribution is 7.91. The molecule has 1 aliphatic heterocycles. The van der Waals surface area contributed by atoms with Crippen LogP contribution in [-0.4, -0.2) is 53.3 Å². The van der Waals surface area contributed by atoms with Gasteiger partial charge in [0.2, 0.25) is 0 Å². The van der Waals surface area contributed by atoms with Gasteiger partial charge in [0.05, 0.1) is 22.1 Å². The number of nitrogens with zero attached hydrogens (tertiary/aromatic N) is 3. The predicted molar refractivity (Wildman–Crippen MR) is 107 cm³/mol. The van der Waals surface area contributed by atoms with Crippen LogP contribution in [0.15, 0.2) is 0 Å². The number of aryl methyl sites for hydroxylation is 2. The molecular weight excluding hydrogens is 382 g/mol. The van der Waals surface area contributed by atoms with Crippen LogP contribution in [-0.2, 0) is 9.84 Å². The van der Waals surface area contributed by atoms with E-state index in [0.717, 1.165) is 46.6 Å². The topological polar surface area (TPSA) is 80.2 Å². The Bertz CT molecular complexity index is 1010. The van der Waals surface area contributed by atoms with Crippen LogP contribution in [0.1, 0.15) is 65.3 Å². The summed E-state index contributed by atoms with van der Waals surface area (Å²) in [6.07, 6.45) is 3.61. The molecule has 1 amide bonds. The molecule has 2 fully saturated rings. The number of sulfone groups is 1. The summed E-state index contributed by atoms with van der Waals surface area (Å²) in [5, 5.41) is 0.975. The lowest BCUT2D eigenvalue weighted by Gasteiger charge is -2.27. The number of aromatic nitrogens is 2. The van der Waals surface area contributed by atoms with E-state index in [1.165, 1.54) is 11.3 Å². The van der Waals surface area contributed by atoms with Gasteiger partial charge in [-0.3, -0.25) is 4.79 Å². The number of amides is 1. The van der Waals surface area contributed by atoms with Gasteiger partial charge in [0.1, 0.15) is 10.7 Å². The van der Waals surface area contributed by atoms with Crippen molar-refractivity contribution in [3.63, 3.8) is 0 Å². The summed E-state index contributed by atoms with van der Waals surface area (Å²) in [5.74, 6) is 1.55. The van der Waals surface area contributed by atoms with E-state index in [0.29, 0.717) is 23.8 Å². The lowest BCUT2D eigenvalue weighted by molar-refractivity contribution is 0.0701. The van der Waals surface area contributed by atoms with Gasteiger partial charge in [-0.1, -0.05) is 6.92 Å². The average molecular weight is 408 g/mol. The normalized spacial score (nSPS) is 21.7. The van der Waals surface area contributed by atoms with E-state index in [1.807, 2.05) is 20.8 Å².